The average molecular weight is 640 g/mol. The lowest BCUT2D eigenvalue weighted by Gasteiger charge is -2.30. The molecular formula is C49H37N. The van der Waals surface area contributed by atoms with Crippen molar-refractivity contribution in [2.75, 3.05) is 4.90 Å². The van der Waals surface area contributed by atoms with Gasteiger partial charge in [0.2, 0.25) is 0 Å². The van der Waals surface area contributed by atoms with Gasteiger partial charge in [-0.25, -0.2) is 0 Å². The van der Waals surface area contributed by atoms with Gasteiger partial charge in [-0.3, -0.25) is 0 Å². The van der Waals surface area contributed by atoms with Crippen molar-refractivity contribution in [2.45, 2.75) is 19.3 Å². The van der Waals surface area contributed by atoms with Crippen LogP contribution < -0.4 is 4.90 Å². The van der Waals surface area contributed by atoms with Gasteiger partial charge in [-0.2, -0.15) is 0 Å². The van der Waals surface area contributed by atoms with E-state index in [1.54, 1.807) is 0 Å². The van der Waals surface area contributed by atoms with Crippen molar-refractivity contribution in [1.82, 2.24) is 0 Å². The molecule has 0 unspecified atom stereocenters. The Labute approximate surface area is 294 Å². The van der Waals surface area contributed by atoms with Gasteiger partial charge < -0.3 is 4.90 Å². The topological polar surface area (TPSA) is 3.24 Å². The summed E-state index contributed by atoms with van der Waals surface area (Å²) >= 11 is 0. The first-order chi connectivity index (χ1) is 24.6. The van der Waals surface area contributed by atoms with Crippen molar-refractivity contribution in [3.63, 3.8) is 0 Å². The highest BCUT2D eigenvalue weighted by Gasteiger charge is 2.39. The molecule has 0 fully saturated rings. The summed E-state index contributed by atoms with van der Waals surface area (Å²) in [4.78, 5) is 2.45. The van der Waals surface area contributed by atoms with E-state index in [-0.39, 0.29) is 5.41 Å². The SMILES string of the molecule is CC1(C)c2cccc(-c3ccccc3)c2-c2cc(N(c3ccc(-c4ccccc4)cc3)c3ccc(-c4ccccc4)cc3)c3ccccc3c21. The van der Waals surface area contributed by atoms with Gasteiger partial charge >= 0.3 is 0 Å². The molecule has 1 aliphatic rings. The molecule has 0 atom stereocenters. The smallest absolute Gasteiger partial charge is 0.0546 e. The minimum atomic E-state index is -0.160. The van der Waals surface area contributed by atoms with Crippen LogP contribution >= 0.6 is 0 Å². The Kier molecular flexibility index (Phi) is 7.21. The standard InChI is InChI=1S/C49H37N/c1-49(2)45-24-14-23-41(38-19-10-5-11-20-38)47(45)44-33-46(42-21-12-13-22-43(42)48(44)49)50(39-29-25-36(26-30-39)34-15-6-3-7-16-34)40-31-27-37(28-32-40)35-17-8-4-9-18-35/h3-33H,1-2H3. The van der Waals surface area contributed by atoms with Crippen LogP contribution in [0, 0.1) is 0 Å². The molecule has 0 saturated carbocycles. The summed E-state index contributed by atoms with van der Waals surface area (Å²) in [5.41, 5.74) is 16.0. The summed E-state index contributed by atoms with van der Waals surface area (Å²) in [7, 11) is 0. The highest BCUT2D eigenvalue weighted by molar-refractivity contribution is 6.09. The van der Waals surface area contributed by atoms with Crippen LogP contribution in [0.2, 0.25) is 0 Å². The van der Waals surface area contributed by atoms with Gasteiger partial charge in [0.05, 0.1) is 5.69 Å². The van der Waals surface area contributed by atoms with Crippen molar-refractivity contribution < 1.29 is 0 Å². The molecule has 238 valence electrons. The molecule has 50 heavy (non-hydrogen) atoms. The minimum absolute atomic E-state index is 0.160. The van der Waals surface area contributed by atoms with Crippen LogP contribution in [0.5, 0.6) is 0 Å². The molecule has 0 radical (unpaired) electrons. The van der Waals surface area contributed by atoms with Gasteiger partial charge in [-0.05, 0) is 91.4 Å². The molecule has 0 saturated heterocycles. The second kappa shape index (κ2) is 12.1. The molecule has 1 heteroatoms. The van der Waals surface area contributed by atoms with E-state index in [9.17, 15) is 0 Å². The zero-order valence-corrected chi connectivity index (χ0v) is 28.3. The summed E-state index contributed by atoms with van der Waals surface area (Å²) in [6.45, 7) is 4.78. The van der Waals surface area contributed by atoms with Crippen molar-refractivity contribution in [2.24, 2.45) is 0 Å². The molecule has 0 bridgehead atoms. The van der Waals surface area contributed by atoms with Crippen molar-refractivity contribution >= 4 is 27.8 Å². The first-order valence-corrected chi connectivity index (χ1v) is 17.4. The Morgan fingerprint density at radius 1 is 0.380 bits per heavy atom. The van der Waals surface area contributed by atoms with E-state index in [0.29, 0.717) is 0 Å². The van der Waals surface area contributed by atoms with Crippen LogP contribution in [-0.4, -0.2) is 0 Å². The molecule has 1 nitrogen and oxygen atoms in total. The van der Waals surface area contributed by atoms with Crippen LogP contribution in [0.15, 0.2) is 188 Å². The first kappa shape index (κ1) is 29.9. The van der Waals surface area contributed by atoms with E-state index in [0.717, 1.165) is 11.4 Å². The molecule has 0 amide bonds. The quantitative estimate of drug-likeness (QED) is 0.175. The molecule has 0 aliphatic heterocycles. The molecular weight excluding hydrogens is 603 g/mol. The summed E-state index contributed by atoms with van der Waals surface area (Å²) in [5, 5.41) is 2.54. The van der Waals surface area contributed by atoms with E-state index in [4.69, 9.17) is 0 Å². The van der Waals surface area contributed by atoms with Gasteiger partial charge in [0.1, 0.15) is 0 Å². The normalized spacial score (nSPS) is 12.8. The van der Waals surface area contributed by atoms with E-state index in [1.807, 2.05) is 0 Å². The highest BCUT2D eigenvalue weighted by atomic mass is 15.1. The molecule has 0 N–H and O–H groups in total. The minimum Gasteiger partial charge on any atom is -0.310 e. The highest BCUT2D eigenvalue weighted by Crippen LogP contribution is 2.56. The lowest BCUT2D eigenvalue weighted by molar-refractivity contribution is 0.666. The van der Waals surface area contributed by atoms with E-state index < -0.39 is 0 Å². The lowest BCUT2D eigenvalue weighted by Crippen LogP contribution is -2.16. The van der Waals surface area contributed by atoms with Crippen molar-refractivity contribution in [1.29, 1.82) is 0 Å². The predicted molar refractivity (Wildman–Crippen MR) is 213 cm³/mol. The third-order valence-electron chi connectivity index (χ3n) is 10.4. The number of anilines is 3. The van der Waals surface area contributed by atoms with E-state index in [1.165, 1.54) is 72.1 Å². The number of rotatable bonds is 6. The van der Waals surface area contributed by atoms with E-state index >= 15 is 0 Å². The van der Waals surface area contributed by atoms with Gasteiger partial charge in [-0.15, -0.1) is 0 Å². The third-order valence-corrected chi connectivity index (χ3v) is 10.4. The van der Waals surface area contributed by atoms with Gasteiger partial charge in [0.25, 0.3) is 0 Å². The Morgan fingerprint density at radius 2 is 0.840 bits per heavy atom. The molecule has 8 aromatic rings. The molecule has 1 aliphatic carbocycles. The van der Waals surface area contributed by atoms with Crippen molar-refractivity contribution in [3.05, 3.63) is 199 Å². The summed E-state index contributed by atoms with van der Waals surface area (Å²) in [5.74, 6) is 0. The van der Waals surface area contributed by atoms with Crippen LogP contribution in [0.3, 0.4) is 0 Å². The fourth-order valence-corrected chi connectivity index (χ4v) is 8.06. The monoisotopic (exact) mass is 639 g/mol. The van der Waals surface area contributed by atoms with E-state index in [2.05, 4.69) is 207 Å². The summed E-state index contributed by atoms with van der Waals surface area (Å²) < 4.78 is 0. The number of hydrogen-bond donors (Lipinski definition) is 0. The summed E-state index contributed by atoms with van der Waals surface area (Å²) in [6.07, 6.45) is 0. The van der Waals surface area contributed by atoms with Crippen LogP contribution in [0.4, 0.5) is 17.1 Å². The van der Waals surface area contributed by atoms with Crippen LogP contribution in [-0.2, 0) is 5.41 Å². The zero-order valence-electron chi connectivity index (χ0n) is 28.3. The third kappa shape index (κ3) is 4.94. The maximum absolute atomic E-state index is 2.47. The maximum Gasteiger partial charge on any atom is 0.0546 e. The number of benzene rings is 8. The molecule has 0 aromatic heterocycles. The molecule has 9 rings (SSSR count). The summed E-state index contributed by atoms with van der Waals surface area (Å²) in [6, 6.07) is 68.4. The lowest BCUT2D eigenvalue weighted by atomic mass is 9.79. The van der Waals surface area contributed by atoms with Crippen molar-refractivity contribution in [3.8, 4) is 44.5 Å². The van der Waals surface area contributed by atoms with Gasteiger partial charge in [-0.1, -0.05) is 172 Å². The predicted octanol–water partition coefficient (Wildman–Crippen LogP) is 13.6. The van der Waals surface area contributed by atoms with Gasteiger partial charge in [0.15, 0.2) is 0 Å². The number of hydrogen-bond acceptors (Lipinski definition) is 1. The largest absolute Gasteiger partial charge is 0.310 e. The Hall–Kier alpha value is -6.18. The number of nitrogens with zero attached hydrogens (tertiary/aromatic N) is 1. The van der Waals surface area contributed by atoms with Crippen LogP contribution in [0.1, 0.15) is 25.0 Å². The molecule has 0 heterocycles. The second-order valence-corrected chi connectivity index (χ2v) is 13.7. The van der Waals surface area contributed by atoms with Crippen LogP contribution in [0.25, 0.3) is 55.3 Å². The second-order valence-electron chi connectivity index (χ2n) is 13.7. The molecule has 0 spiro atoms. The Balaban J connectivity index is 1.29. The Morgan fingerprint density at radius 3 is 1.38 bits per heavy atom. The fourth-order valence-electron chi connectivity index (χ4n) is 8.06. The first-order valence-electron chi connectivity index (χ1n) is 17.4. The zero-order chi connectivity index (χ0) is 33.7. The Bertz CT molecular complexity index is 2380. The molecule has 8 aromatic carbocycles. The van der Waals surface area contributed by atoms with Gasteiger partial charge in [0, 0.05) is 22.2 Å². The fraction of sp³-hybridized carbons (Fsp3) is 0.0612. The average Bonchev–Trinajstić information content (AvgIpc) is 3.42. The maximum atomic E-state index is 2.47. The number of fused-ring (bicyclic) bond motifs is 5.